The minimum absolute atomic E-state index is 0.322. The molecule has 0 unspecified atom stereocenters. The number of aromatic hydroxyl groups is 2. The number of rotatable bonds is 0. The van der Waals surface area contributed by atoms with Crippen LogP contribution in [0.1, 0.15) is 27.7 Å². The number of benzene rings is 2. The zero-order chi connectivity index (χ0) is 16.9. The van der Waals surface area contributed by atoms with Gasteiger partial charge in [0, 0.05) is 14.2 Å². The lowest BCUT2D eigenvalue weighted by Gasteiger charge is -1.82. The van der Waals surface area contributed by atoms with Crippen molar-refractivity contribution in [3.05, 3.63) is 60.7 Å². The van der Waals surface area contributed by atoms with E-state index in [9.17, 15) is 0 Å². The van der Waals surface area contributed by atoms with Crippen LogP contribution in [0.2, 0.25) is 0 Å². The quantitative estimate of drug-likeness (QED) is 0.710. The van der Waals surface area contributed by atoms with E-state index in [0.717, 1.165) is 0 Å². The van der Waals surface area contributed by atoms with Gasteiger partial charge in [-0.25, -0.2) is 0 Å². The highest BCUT2D eigenvalue weighted by molar-refractivity contribution is 5.19. The van der Waals surface area contributed by atoms with E-state index in [1.807, 2.05) is 39.8 Å². The van der Waals surface area contributed by atoms with Crippen LogP contribution in [0.25, 0.3) is 0 Å². The summed E-state index contributed by atoms with van der Waals surface area (Å²) in [5.74, 6) is 0.644. The number of para-hydroxylation sites is 2. The minimum Gasteiger partial charge on any atom is -0.508 e. The summed E-state index contributed by atoms with van der Waals surface area (Å²) < 4.78 is 4.25. The fourth-order valence-corrected chi connectivity index (χ4v) is 0.856. The van der Waals surface area contributed by atoms with Crippen molar-refractivity contribution >= 4 is 0 Å². The van der Waals surface area contributed by atoms with Crippen molar-refractivity contribution in [1.82, 2.24) is 0 Å². The number of ether oxygens (including phenoxy) is 1. The molecule has 2 rings (SSSR count). The van der Waals surface area contributed by atoms with Crippen LogP contribution in [0, 0.1) is 0 Å². The number of hydrogen-bond acceptors (Lipinski definition) is 3. The monoisotopic (exact) mass is 294 g/mol. The molecule has 0 saturated heterocycles. The van der Waals surface area contributed by atoms with Crippen molar-refractivity contribution < 1.29 is 14.9 Å². The van der Waals surface area contributed by atoms with E-state index in [4.69, 9.17) is 10.2 Å². The third-order valence-electron chi connectivity index (χ3n) is 1.51. The molecule has 0 aliphatic carbocycles. The Kier molecular flexibility index (Phi) is 26.5. The van der Waals surface area contributed by atoms with Gasteiger partial charge in [-0.15, -0.1) is 0 Å². The first-order chi connectivity index (χ1) is 10.2. The van der Waals surface area contributed by atoms with E-state index in [0.29, 0.717) is 11.5 Å². The van der Waals surface area contributed by atoms with Gasteiger partial charge in [-0.2, -0.15) is 0 Å². The molecule has 3 heteroatoms. The molecule has 0 aliphatic rings. The molecule has 0 heterocycles. The third-order valence-corrected chi connectivity index (χ3v) is 1.51. The summed E-state index contributed by atoms with van der Waals surface area (Å²) in [5.41, 5.74) is 0. The van der Waals surface area contributed by atoms with Crippen LogP contribution in [0.3, 0.4) is 0 Å². The molecule has 0 saturated carbocycles. The number of hydrogen-bond donors (Lipinski definition) is 2. The van der Waals surface area contributed by atoms with Crippen molar-refractivity contribution in [2.75, 3.05) is 14.2 Å². The summed E-state index contributed by atoms with van der Waals surface area (Å²) in [7, 11) is 3.25. The van der Waals surface area contributed by atoms with E-state index in [-0.39, 0.29) is 0 Å². The Morgan fingerprint density at radius 2 is 0.762 bits per heavy atom. The van der Waals surface area contributed by atoms with E-state index in [1.165, 1.54) is 0 Å². The Morgan fingerprint density at radius 3 is 0.857 bits per heavy atom. The lowest BCUT2D eigenvalue weighted by molar-refractivity contribution is 0.277. The predicted octanol–water partition coefficient (Wildman–Crippen LogP) is 5.10. The fourth-order valence-electron chi connectivity index (χ4n) is 0.856. The van der Waals surface area contributed by atoms with Crippen LogP contribution in [-0.4, -0.2) is 24.4 Å². The normalized spacial score (nSPS) is 7.14. The molecular formula is C18H30O3. The Morgan fingerprint density at radius 1 is 0.571 bits per heavy atom. The molecule has 21 heavy (non-hydrogen) atoms. The van der Waals surface area contributed by atoms with Gasteiger partial charge in [-0.3, -0.25) is 0 Å². The van der Waals surface area contributed by atoms with Crippen LogP contribution in [0.15, 0.2) is 60.7 Å². The van der Waals surface area contributed by atoms with Crippen LogP contribution < -0.4 is 0 Å². The molecule has 0 aliphatic heterocycles. The van der Waals surface area contributed by atoms with Gasteiger partial charge in [0.2, 0.25) is 0 Å². The molecule has 0 bridgehead atoms. The maximum absolute atomic E-state index is 8.63. The van der Waals surface area contributed by atoms with Crippen molar-refractivity contribution in [1.29, 1.82) is 0 Å². The number of methoxy groups -OCH3 is 1. The maximum atomic E-state index is 8.63. The van der Waals surface area contributed by atoms with E-state index >= 15 is 0 Å². The molecule has 0 amide bonds. The standard InChI is InChI=1S/2C6H6O.C2H6O.2C2H6/c2*7-6-4-2-1-3-5-6;1-3-2;2*1-2/h2*1-5,7H;1-2H3;2*1-2H3. The van der Waals surface area contributed by atoms with Gasteiger partial charge in [0.1, 0.15) is 11.5 Å². The number of phenolic OH excluding ortho intramolecular Hbond substituents is 2. The van der Waals surface area contributed by atoms with Gasteiger partial charge >= 0.3 is 0 Å². The van der Waals surface area contributed by atoms with Crippen molar-refractivity contribution in [2.45, 2.75) is 27.7 Å². The minimum atomic E-state index is 0.322. The molecule has 0 atom stereocenters. The average molecular weight is 294 g/mol. The summed E-state index contributed by atoms with van der Waals surface area (Å²) in [5, 5.41) is 17.3. The molecule has 2 aromatic carbocycles. The second-order valence-corrected chi connectivity index (χ2v) is 3.08. The van der Waals surface area contributed by atoms with Gasteiger partial charge in [0.05, 0.1) is 0 Å². The fraction of sp³-hybridized carbons (Fsp3) is 0.333. The van der Waals surface area contributed by atoms with Crippen LogP contribution in [-0.2, 0) is 4.74 Å². The lowest BCUT2D eigenvalue weighted by Crippen LogP contribution is -1.56. The number of phenols is 2. The zero-order valence-corrected chi connectivity index (χ0v) is 14.1. The molecule has 2 N–H and O–H groups in total. The van der Waals surface area contributed by atoms with Crippen molar-refractivity contribution in [3.8, 4) is 11.5 Å². The molecular weight excluding hydrogens is 264 g/mol. The first-order valence-corrected chi connectivity index (χ1v) is 7.09. The van der Waals surface area contributed by atoms with Crippen molar-refractivity contribution in [3.63, 3.8) is 0 Å². The van der Waals surface area contributed by atoms with E-state index < -0.39 is 0 Å². The summed E-state index contributed by atoms with van der Waals surface area (Å²) in [4.78, 5) is 0. The van der Waals surface area contributed by atoms with Gasteiger partial charge in [0.25, 0.3) is 0 Å². The predicted molar refractivity (Wildman–Crippen MR) is 91.8 cm³/mol. The van der Waals surface area contributed by atoms with E-state index in [1.54, 1.807) is 62.8 Å². The first kappa shape index (κ1) is 24.0. The highest BCUT2D eigenvalue weighted by Crippen LogP contribution is 2.03. The smallest absolute Gasteiger partial charge is 0.115 e. The van der Waals surface area contributed by atoms with Gasteiger partial charge < -0.3 is 14.9 Å². The Labute approximate surface area is 129 Å². The van der Waals surface area contributed by atoms with E-state index in [2.05, 4.69) is 4.74 Å². The lowest BCUT2D eigenvalue weighted by atomic mass is 10.3. The highest BCUT2D eigenvalue weighted by atomic mass is 16.4. The highest BCUT2D eigenvalue weighted by Gasteiger charge is 1.75. The van der Waals surface area contributed by atoms with Gasteiger partial charge in [-0.05, 0) is 24.3 Å². The van der Waals surface area contributed by atoms with Crippen LogP contribution >= 0.6 is 0 Å². The van der Waals surface area contributed by atoms with Gasteiger partial charge in [0.15, 0.2) is 0 Å². The molecule has 0 aromatic heterocycles. The summed E-state index contributed by atoms with van der Waals surface area (Å²) in [6, 6.07) is 17.4. The SMILES string of the molecule is CC.CC.COC.Oc1ccccc1.Oc1ccccc1. The average Bonchev–Trinajstić information content (AvgIpc) is 2.54. The molecule has 2 aromatic rings. The first-order valence-electron chi connectivity index (χ1n) is 7.09. The largest absolute Gasteiger partial charge is 0.508 e. The maximum Gasteiger partial charge on any atom is 0.115 e. The molecule has 0 fully saturated rings. The summed E-state index contributed by atoms with van der Waals surface area (Å²) >= 11 is 0. The molecule has 120 valence electrons. The second kappa shape index (κ2) is 23.1. The molecule has 0 spiro atoms. The van der Waals surface area contributed by atoms with Gasteiger partial charge in [-0.1, -0.05) is 64.1 Å². The van der Waals surface area contributed by atoms with Crippen LogP contribution in [0.4, 0.5) is 0 Å². The Hall–Kier alpha value is -2.00. The topological polar surface area (TPSA) is 49.7 Å². The zero-order valence-electron chi connectivity index (χ0n) is 14.1. The third kappa shape index (κ3) is 23.5. The molecule has 3 nitrogen and oxygen atoms in total. The molecule has 0 radical (unpaired) electrons. The van der Waals surface area contributed by atoms with Crippen LogP contribution in [0.5, 0.6) is 11.5 Å². The Balaban J connectivity index is -0.000000219. The summed E-state index contributed by atoms with van der Waals surface area (Å²) in [6.07, 6.45) is 0. The summed E-state index contributed by atoms with van der Waals surface area (Å²) in [6.45, 7) is 8.00. The van der Waals surface area contributed by atoms with Crippen molar-refractivity contribution in [2.24, 2.45) is 0 Å². The second-order valence-electron chi connectivity index (χ2n) is 3.08. The Bertz CT molecular complexity index is 323.